The van der Waals surface area contributed by atoms with E-state index in [4.69, 9.17) is 0 Å². The fourth-order valence-electron chi connectivity index (χ4n) is 2.09. The molecule has 2 aromatic carbocycles. The molecule has 1 nitrogen and oxygen atoms in total. The van der Waals surface area contributed by atoms with Crippen LogP contribution in [-0.2, 0) is 11.2 Å². The minimum absolute atomic E-state index is 0.209. The summed E-state index contributed by atoms with van der Waals surface area (Å²) in [6, 6.07) is 14.8. The maximum atomic E-state index is 11.2. The van der Waals surface area contributed by atoms with Crippen molar-refractivity contribution >= 4 is 5.78 Å². The summed E-state index contributed by atoms with van der Waals surface area (Å²) in [6.07, 6.45) is 0.528. The number of hydrogen-bond acceptors (Lipinski definition) is 1. The third kappa shape index (κ3) is 2.86. The first-order valence-corrected chi connectivity index (χ1v) is 6.22. The molecule has 0 unspecified atom stereocenters. The quantitative estimate of drug-likeness (QED) is 0.786. The number of aryl methyl sites for hydroxylation is 2. The van der Waals surface area contributed by atoms with Crippen molar-refractivity contribution in [1.82, 2.24) is 0 Å². The standard InChI is InChI=1S/C17H18O/c1-12-4-6-15(7-5-12)17-9-8-16(11-14(3)18)13(2)10-17/h4-10H,11H2,1-3H3. The molecule has 0 bridgehead atoms. The molecule has 0 heterocycles. The number of ketones is 1. The Bertz CT molecular complexity index is 565. The van der Waals surface area contributed by atoms with Crippen molar-refractivity contribution in [3.8, 4) is 11.1 Å². The summed E-state index contributed by atoms with van der Waals surface area (Å²) >= 11 is 0. The maximum absolute atomic E-state index is 11.2. The van der Waals surface area contributed by atoms with E-state index in [0.717, 1.165) is 5.56 Å². The van der Waals surface area contributed by atoms with Gasteiger partial charge in [0.15, 0.2) is 0 Å². The molecule has 2 rings (SSSR count). The highest BCUT2D eigenvalue weighted by Gasteiger charge is 2.04. The zero-order valence-electron chi connectivity index (χ0n) is 11.2. The van der Waals surface area contributed by atoms with E-state index in [1.54, 1.807) is 6.92 Å². The summed E-state index contributed by atoms with van der Waals surface area (Å²) in [5.41, 5.74) is 6.00. The normalized spacial score (nSPS) is 10.4. The van der Waals surface area contributed by atoms with Gasteiger partial charge in [-0.05, 0) is 43.0 Å². The Hall–Kier alpha value is -1.89. The molecule has 18 heavy (non-hydrogen) atoms. The van der Waals surface area contributed by atoms with Gasteiger partial charge in [-0.2, -0.15) is 0 Å². The predicted molar refractivity (Wildman–Crippen MR) is 75.7 cm³/mol. The van der Waals surface area contributed by atoms with E-state index in [9.17, 15) is 4.79 Å². The molecule has 0 atom stereocenters. The average Bonchev–Trinajstić information content (AvgIpc) is 2.32. The molecule has 0 fully saturated rings. The van der Waals surface area contributed by atoms with Gasteiger partial charge in [-0.3, -0.25) is 4.79 Å². The molecule has 0 spiro atoms. The van der Waals surface area contributed by atoms with E-state index in [-0.39, 0.29) is 5.78 Å². The number of benzene rings is 2. The SMILES string of the molecule is CC(=O)Cc1ccc(-c2ccc(C)cc2)cc1C. The average molecular weight is 238 g/mol. The maximum Gasteiger partial charge on any atom is 0.134 e. The van der Waals surface area contributed by atoms with Crippen LogP contribution in [0.2, 0.25) is 0 Å². The van der Waals surface area contributed by atoms with Gasteiger partial charge < -0.3 is 0 Å². The molecule has 0 saturated heterocycles. The summed E-state index contributed by atoms with van der Waals surface area (Å²) < 4.78 is 0. The summed E-state index contributed by atoms with van der Waals surface area (Å²) in [5, 5.41) is 0. The first-order chi connectivity index (χ1) is 8.56. The minimum Gasteiger partial charge on any atom is -0.300 e. The highest BCUT2D eigenvalue weighted by atomic mass is 16.1. The number of Topliss-reactive ketones (excluding diaryl/α,β-unsaturated/α-hetero) is 1. The molecular weight excluding hydrogens is 220 g/mol. The van der Waals surface area contributed by atoms with Crippen molar-refractivity contribution in [2.75, 3.05) is 0 Å². The van der Waals surface area contributed by atoms with Crippen LogP contribution in [0.3, 0.4) is 0 Å². The molecule has 0 aliphatic carbocycles. The summed E-state index contributed by atoms with van der Waals surface area (Å²) in [7, 11) is 0. The van der Waals surface area contributed by atoms with Crippen LogP contribution in [0.15, 0.2) is 42.5 Å². The van der Waals surface area contributed by atoms with Crippen molar-refractivity contribution < 1.29 is 4.79 Å². The van der Waals surface area contributed by atoms with Gasteiger partial charge in [0.05, 0.1) is 0 Å². The Morgan fingerprint density at radius 2 is 1.56 bits per heavy atom. The largest absolute Gasteiger partial charge is 0.300 e. The molecule has 0 amide bonds. The van der Waals surface area contributed by atoms with Gasteiger partial charge in [0.1, 0.15) is 5.78 Å². The van der Waals surface area contributed by atoms with Gasteiger partial charge in [0, 0.05) is 6.42 Å². The smallest absolute Gasteiger partial charge is 0.134 e. The van der Waals surface area contributed by atoms with Gasteiger partial charge in [0.25, 0.3) is 0 Å². The second kappa shape index (κ2) is 5.18. The highest BCUT2D eigenvalue weighted by molar-refractivity contribution is 5.79. The Balaban J connectivity index is 2.33. The molecule has 0 saturated carbocycles. The van der Waals surface area contributed by atoms with Crippen LogP contribution in [0, 0.1) is 13.8 Å². The van der Waals surface area contributed by atoms with Crippen molar-refractivity contribution in [3.63, 3.8) is 0 Å². The van der Waals surface area contributed by atoms with E-state index < -0.39 is 0 Å². The fourth-order valence-corrected chi connectivity index (χ4v) is 2.09. The number of carbonyl (C=O) groups is 1. The van der Waals surface area contributed by atoms with Crippen LogP contribution < -0.4 is 0 Å². The molecular formula is C17H18O. The third-order valence-corrected chi connectivity index (χ3v) is 3.17. The van der Waals surface area contributed by atoms with Crippen LogP contribution in [0.1, 0.15) is 23.6 Å². The lowest BCUT2D eigenvalue weighted by Gasteiger charge is -2.08. The molecule has 2 aromatic rings. The van der Waals surface area contributed by atoms with Crippen LogP contribution in [0.25, 0.3) is 11.1 Å². The Kier molecular flexibility index (Phi) is 3.61. The lowest BCUT2D eigenvalue weighted by molar-refractivity contribution is -0.116. The summed E-state index contributed by atoms with van der Waals surface area (Å²) in [6.45, 7) is 5.79. The second-order valence-electron chi connectivity index (χ2n) is 4.89. The second-order valence-corrected chi connectivity index (χ2v) is 4.89. The Labute approximate surface area is 108 Å². The van der Waals surface area contributed by atoms with Gasteiger partial charge in [-0.25, -0.2) is 0 Å². The van der Waals surface area contributed by atoms with E-state index in [0.29, 0.717) is 6.42 Å². The molecule has 1 heteroatoms. The first kappa shape index (κ1) is 12.6. The van der Waals surface area contributed by atoms with E-state index in [2.05, 4.69) is 56.3 Å². The highest BCUT2D eigenvalue weighted by Crippen LogP contribution is 2.23. The van der Waals surface area contributed by atoms with Gasteiger partial charge >= 0.3 is 0 Å². The predicted octanol–water partition coefficient (Wildman–Crippen LogP) is 4.10. The van der Waals surface area contributed by atoms with Crippen molar-refractivity contribution in [3.05, 3.63) is 59.2 Å². The zero-order chi connectivity index (χ0) is 13.1. The summed E-state index contributed by atoms with van der Waals surface area (Å²) in [4.78, 5) is 11.2. The number of hydrogen-bond donors (Lipinski definition) is 0. The van der Waals surface area contributed by atoms with Crippen molar-refractivity contribution in [1.29, 1.82) is 0 Å². The Morgan fingerprint density at radius 1 is 0.944 bits per heavy atom. The number of rotatable bonds is 3. The summed E-state index contributed by atoms with van der Waals surface area (Å²) in [5.74, 6) is 0.209. The van der Waals surface area contributed by atoms with Crippen LogP contribution in [0.5, 0.6) is 0 Å². The van der Waals surface area contributed by atoms with Crippen LogP contribution in [0.4, 0.5) is 0 Å². The molecule has 0 aliphatic heterocycles. The van der Waals surface area contributed by atoms with Crippen LogP contribution >= 0.6 is 0 Å². The van der Waals surface area contributed by atoms with Crippen LogP contribution in [-0.4, -0.2) is 5.78 Å². The molecule has 0 aromatic heterocycles. The van der Waals surface area contributed by atoms with Gasteiger partial charge in [-0.1, -0.05) is 48.0 Å². The first-order valence-electron chi connectivity index (χ1n) is 6.22. The lowest BCUT2D eigenvalue weighted by Crippen LogP contribution is -1.98. The molecule has 0 N–H and O–H groups in total. The van der Waals surface area contributed by atoms with E-state index >= 15 is 0 Å². The molecule has 92 valence electrons. The third-order valence-electron chi connectivity index (χ3n) is 3.17. The monoisotopic (exact) mass is 238 g/mol. The zero-order valence-corrected chi connectivity index (χ0v) is 11.2. The lowest BCUT2D eigenvalue weighted by atomic mass is 9.97. The Morgan fingerprint density at radius 3 is 2.11 bits per heavy atom. The van der Waals surface area contributed by atoms with E-state index in [1.807, 2.05) is 0 Å². The van der Waals surface area contributed by atoms with Crippen molar-refractivity contribution in [2.45, 2.75) is 27.2 Å². The number of carbonyl (C=O) groups excluding carboxylic acids is 1. The molecule has 0 radical (unpaired) electrons. The van der Waals surface area contributed by atoms with E-state index in [1.165, 1.54) is 22.3 Å². The molecule has 0 aliphatic rings. The fraction of sp³-hybridized carbons (Fsp3) is 0.235. The van der Waals surface area contributed by atoms with Gasteiger partial charge in [-0.15, -0.1) is 0 Å². The van der Waals surface area contributed by atoms with Gasteiger partial charge in [0.2, 0.25) is 0 Å². The topological polar surface area (TPSA) is 17.1 Å². The van der Waals surface area contributed by atoms with Crippen molar-refractivity contribution in [2.24, 2.45) is 0 Å². The minimum atomic E-state index is 0.209.